The largest absolute Gasteiger partial charge is 0.377 e. The summed E-state index contributed by atoms with van der Waals surface area (Å²) >= 11 is 0. The molecule has 0 fully saturated rings. The van der Waals surface area contributed by atoms with Gasteiger partial charge in [0.1, 0.15) is 0 Å². The number of hydrogen-bond acceptors (Lipinski definition) is 4. The summed E-state index contributed by atoms with van der Waals surface area (Å²) in [6.45, 7) is 8.26. The van der Waals surface area contributed by atoms with Gasteiger partial charge in [0.05, 0.1) is 11.0 Å². The third-order valence-corrected chi connectivity index (χ3v) is 4.40. The molecule has 1 unspecified atom stereocenters. The van der Waals surface area contributed by atoms with Gasteiger partial charge in [0.15, 0.2) is 0 Å². The molecule has 120 valence electrons. The third-order valence-electron chi connectivity index (χ3n) is 2.98. The van der Waals surface area contributed by atoms with Gasteiger partial charge in [-0.1, -0.05) is 19.1 Å². The Balaban J connectivity index is 2.67. The molecule has 1 aromatic rings. The van der Waals surface area contributed by atoms with Gasteiger partial charge >= 0.3 is 0 Å². The Morgan fingerprint density at radius 3 is 2.71 bits per heavy atom. The first kappa shape index (κ1) is 18.1. The van der Waals surface area contributed by atoms with Crippen molar-refractivity contribution in [1.29, 1.82) is 0 Å². The van der Waals surface area contributed by atoms with Crippen molar-refractivity contribution in [2.45, 2.75) is 44.7 Å². The van der Waals surface area contributed by atoms with Crippen molar-refractivity contribution in [1.82, 2.24) is 10.0 Å². The minimum atomic E-state index is -3.48. The van der Waals surface area contributed by atoms with E-state index in [0.717, 1.165) is 18.5 Å². The Morgan fingerprint density at radius 1 is 1.29 bits per heavy atom. The number of ether oxygens (including phenoxy) is 1. The maximum atomic E-state index is 12.2. The van der Waals surface area contributed by atoms with Crippen LogP contribution in [0.25, 0.3) is 0 Å². The minimum Gasteiger partial charge on any atom is -0.377 e. The summed E-state index contributed by atoms with van der Waals surface area (Å²) < 4.78 is 32.4. The molecule has 0 aliphatic rings. The molecule has 0 saturated carbocycles. The first-order valence-corrected chi connectivity index (χ1v) is 8.88. The molecule has 1 rings (SSSR count). The zero-order valence-electron chi connectivity index (χ0n) is 13.1. The molecule has 1 atom stereocenters. The molecule has 5 nitrogen and oxygen atoms in total. The van der Waals surface area contributed by atoms with Crippen molar-refractivity contribution < 1.29 is 13.2 Å². The van der Waals surface area contributed by atoms with Crippen LogP contribution in [0, 0.1) is 0 Å². The van der Waals surface area contributed by atoms with Crippen LogP contribution in [-0.4, -0.2) is 34.2 Å². The highest BCUT2D eigenvalue weighted by Gasteiger charge is 2.15. The van der Waals surface area contributed by atoms with Crippen LogP contribution >= 0.6 is 0 Å². The summed E-state index contributed by atoms with van der Waals surface area (Å²) in [5.41, 5.74) is 0.962. The van der Waals surface area contributed by atoms with Gasteiger partial charge < -0.3 is 10.1 Å². The van der Waals surface area contributed by atoms with Crippen LogP contribution in [0.2, 0.25) is 0 Å². The Morgan fingerprint density at radius 2 is 2.05 bits per heavy atom. The lowest BCUT2D eigenvalue weighted by Crippen LogP contribution is -2.32. The number of hydrogen-bond donors (Lipinski definition) is 2. The number of nitrogens with one attached hydrogen (secondary N) is 2. The molecule has 0 saturated heterocycles. The highest BCUT2D eigenvalue weighted by atomic mass is 32.2. The normalized spacial score (nSPS) is 13.3. The fourth-order valence-electron chi connectivity index (χ4n) is 1.89. The van der Waals surface area contributed by atoms with Gasteiger partial charge in [0.25, 0.3) is 0 Å². The lowest BCUT2D eigenvalue weighted by Gasteiger charge is -2.13. The molecule has 2 N–H and O–H groups in total. The van der Waals surface area contributed by atoms with Crippen molar-refractivity contribution >= 4 is 10.0 Å². The van der Waals surface area contributed by atoms with Gasteiger partial charge in [-0.15, -0.1) is 0 Å². The lowest BCUT2D eigenvalue weighted by molar-refractivity contribution is 0.0799. The molecule has 0 amide bonds. The minimum absolute atomic E-state index is 0.140. The Labute approximate surface area is 128 Å². The summed E-state index contributed by atoms with van der Waals surface area (Å²) in [6, 6.07) is 7.00. The summed E-state index contributed by atoms with van der Waals surface area (Å²) in [7, 11) is -3.48. The predicted octanol–water partition coefficient (Wildman–Crippen LogP) is 1.89. The van der Waals surface area contributed by atoms with Gasteiger partial charge in [-0.05, 0) is 44.5 Å². The fourth-order valence-corrected chi connectivity index (χ4v) is 3.07. The van der Waals surface area contributed by atoms with E-state index in [4.69, 9.17) is 4.74 Å². The molecule has 0 aliphatic carbocycles. The molecule has 0 aromatic heterocycles. The quantitative estimate of drug-likeness (QED) is 0.647. The summed E-state index contributed by atoms with van der Waals surface area (Å²) in [5.74, 6) is 0. The summed E-state index contributed by atoms with van der Waals surface area (Å²) in [6.07, 6.45) is 0.911. The van der Waals surface area contributed by atoms with Crippen molar-refractivity contribution in [2.24, 2.45) is 0 Å². The maximum absolute atomic E-state index is 12.2. The molecule has 0 aliphatic heterocycles. The Kier molecular flexibility index (Phi) is 7.88. The van der Waals surface area contributed by atoms with E-state index in [2.05, 4.69) is 17.0 Å². The number of sulfonamides is 1. The van der Waals surface area contributed by atoms with E-state index in [-0.39, 0.29) is 12.6 Å². The summed E-state index contributed by atoms with van der Waals surface area (Å²) in [5, 5.41) is 3.26. The third kappa shape index (κ3) is 6.56. The first-order valence-electron chi connectivity index (χ1n) is 7.40. The van der Waals surface area contributed by atoms with Crippen LogP contribution < -0.4 is 10.0 Å². The molecule has 0 radical (unpaired) electrons. The molecular weight excluding hydrogens is 288 g/mol. The first-order chi connectivity index (χ1) is 9.99. The molecule has 6 heteroatoms. The lowest BCUT2D eigenvalue weighted by atomic mass is 10.2. The zero-order chi connectivity index (χ0) is 15.7. The number of benzene rings is 1. The number of rotatable bonds is 10. The van der Waals surface area contributed by atoms with E-state index in [1.807, 2.05) is 19.9 Å². The zero-order valence-corrected chi connectivity index (χ0v) is 13.9. The van der Waals surface area contributed by atoms with Crippen LogP contribution in [0.4, 0.5) is 0 Å². The van der Waals surface area contributed by atoms with Gasteiger partial charge in [0.2, 0.25) is 10.0 Å². The second-order valence-electron chi connectivity index (χ2n) is 4.94. The standard InChI is InChI=1S/C15H26N2O3S/c1-4-9-16-12-14-7-6-8-15(10-14)21(18,19)17-11-13(3)20-5-2/h6-8,10,13,16-17H,4-5,9,11-12H2,1-3H3. The van der Waals surface area contributed by atoms with Crippen molar-refractivity contribution in [3.63, 3.8) is 0 Å². The molecule has 0 heterocycles. The monoisotopic (exact) mass is 314 g/mol. The smallest absolute Gasteiger partial charge is 0.240 e. The second kappa shape index (κ2) is 9.15. The van der Waals surface area contributed by atoms with E-state index >= 15 is 0 Å². The molecule has 0 spiro atoms. The highest BCUT2D eigenvalue weighted by molar-refractivity contribution is 7.89. The van der Waals surface area contributed by atoms with Crippen molar-refractivity contribution in [3.05, 3.63) is 29.8 Å². The van der Waals surface area contributed by atoms with Crippen LogP contribution in [0.3, 0.4) is 0 Å². The van der Waals surface area contributed by atoms with Crippen LogP contribution in [0.5, 0.6) is 0 Å². The Hall–Kier alpha value is -0.950. The van der Waals surface area contributed by atoms with E-state index in [9.17, 15) is 8.42 Å². The van der Waals surface area contributed by atoms with Gasteiger partial charge in [-0.25, -0.2) is 13.1 Å². The Bertz CT molecular complexity index is 517. The van der Waals surface area contributed by atoms with Gasteiger partial charge in [-0.3, -0.25) is 0 Å². The SMILES string of the molecule is CCCNCc1cccc(S(=O)(=O)NCC(C)OCC)c1. The molecule has 0 bridgehead atoms. The second-order valence-corrected chi connectivity index (χ2v) is 6.71. The molecule has 21 heavy (non-hydrogen) atoms. The fraction of sp³-hybridized carbons (Fsp3) is 0.600. The molecular formula is C15H26N2O3S. The van der Waals surface area contributed by atoms with Crippen LogP contribution in [0.1, 0.15) is 32.8 Å². The predicted molar refractivity (Wildman–Crippen MR) is 84.7 cm³/mol. The van der Waals surface area contributed by atoms with Crippen LogP contribution in [-0.2, 0) is 21.3 Å². The van der Waals surface area contributed by atoms with E-state index in [1.165, 1.54) is 0 Å². The maximum Gasteiger partial charge on any atom is 0.240 e. The summed E-state index contributed by atoms with van der Waals surface area (Å²) in [4.78, 5) is 0.294. The molecule has 1 aromatic carbocycles. The topological polar surface area (TPSA) is 67.4 Å². The van der Waals surface area contributed by atoms with E-state index in [0.29, 0.717) is 18.0 Å². The van der Waals surface area contributed by atoms with Crippen molar-refractivity contribution in [2.75, 3.05) is 19.7 Å². The van der Waals surface area contributed by atoms with Gasteiger partial charge in [-0.2, -0.15) is 0 Å². The van der Waals surface area contributed by atoms with E-state index in [1.54, 1.807) is 18.2 Å². The average Bonchev–Trinajstić information content (AvgIpc) is 2.46. The average molecular weight is 314 g/mol. The van der Waals surface area contributed by atoms with Gasteiger partial charge in [0, 0.05) is 19.7 Å². The van der Waals surface area contributed by atoms with E-state index < -0.39 is 10.0 Å². The van der Waals surface area contributed by atoms with Crippen LogP contribution in [0.15, 0.2) is 29.2 Å². The van der Waals surface area contributed by atoms with Crippen molar-refractivity contribution in [3.8, 4) is 0 Å². The highest BCUT2D eigenvalue weighted by Crippen LogP contribution is 2.11.